The summed E-state index contributed by atoms with van der Waals surface area (Å²) in [6.07, 6.45) is 0.989. The topological polar surface area (TPSA) is 55.7 Å². The van der Waals surface area contributed by atoms with Crippen LogP contribution >= 0.6 is 15.9 Å². The summed E-state index contributed by atoms with van der Waals surface area (Å²) >= 11 is 3.51. The van der Waals surface area contributed by atoms with Crippen molar-refractivity contribution in [2.75, 3.05) is 0 Å². The number of ketones is 1. The maximum Gasteiger partial charge on any atom is 0.315 e. The fourth-order valence-electron chi connectivity index (χ4n) is 4.12. The molecule has 27 heavy (non-hydrogen) atoms. The molecule has 0 radical (unpaired) electrons. The van der Waals surface area contributed by atoms with Crippen molar-refractivity contribution in [3.63, 3.8) is 0 Å². The van der Waals surface area contributed by atoms with Crippen molar-refractivity contribution < 1.29 is 14.3 Å². The minimum absolute atomic E-state index is 0.0878. The number of Topliss-reactive ketones (excluding diaryl/α,β-unsaturated/α-hetero) is 1. The first-order valence-electron chi connectivity index (χ1n) is 9.36. The third-order valence-corrected chi connectivity index (χ3v) is 5.61. The first-order valence-corrected chi connectivity index (χ1v) is 10.2. The Balaban J connectivity index is 2.16. The molecule has 4 nitrogen and oxygen atoms in total. The van der Waals surface area contributed by atoms with Gasteiger partial charge in [0.1, 0.15) is 5.92 Å². The van der Waals surface area contributed by atoms with E-state index >= 15 is 0 Å². The lowest BCUT2D eigenvalue weighted by molar-refractivity contribution is -0.150. The number of hydrogen-bond acceptors (Lipinski definition) is 4. The lowest BCUT2D eigenvalue weighted by atomic mass is 9.67. The van der Waals surface area contributed by atoms with Crippen LogP contribution in [0, 0.1) is 11.3 Å². The molecule has 144 valence electrons. The Morgan fingerprint density at radius 1 is 1.30 bits per heavy atom. The Bertz CT molecular complexity index is 851. The van der Waals surface area contributed by atoms with Gasteiger partial charge < -0.3 is 4.74 Å². The van der Waals surface area contributed by atoms with Crippen LogP contribution in [0.4, 0.5) is 0 Å². The van der Waals surface area contributed by atoms with Gasteiger partial charge in [-0.05, 0) is 50.3 Å². The Hall–Kier alpha value is -1.75. The summed E-state index contributed by atoms with van der Waals surface area (Å²) in [6.45, 7) is 9.72. The molecular formula is C22H26BrNO3. The van der Waals surface area contributed by atoms with E-state index in [0.29, 0.717) is 12.0 Å². The molecular weight excluding hydrogens is 406 g/mol. The molecule has 0 spiro atoms. The quantitative estimate of drug-likeness (QED) is 0.616. The lowest BCUT2D eigenvalue weighted by Crippen LogP contribution is -2.40. The van der Waals surface area contributed by atoms with E-state index in [0.717, 1.165) is 27.9 Å². The van der Waals surface area contributed by atoms with Crippen LogP contribution in [0.5, 0.6) is 0 Å². The third kappa shape index (κ3) is 4.08. The minimum atomic E-state index is -0.578. The van der Waals surface area contributed by atoms with Gasteiger partial charge in [0.2, 0.25) is 0 Å². The number of carbonyl (C=O) groups is 2. The monoisotopic (exact) mass is 431 g/mol. The molecule has 0 fully saturated rings. The van der Waals surface area contributed by atoms with E-state index in [1.807, 2.05) is 45.0 Å². The van der Waals surface area contributed by atoms with Gasteiger partial charge in [-0.15, -0.1) is 0 Å². The van der Waals surface area contributed by atoms with Gasteiger partial charge in [-0.3, -0.25) is 14.6 Å². The van der Waals surface area contributed by atoms with Gasteiger partial charge in [0.05, 0.1) is 6.10 Å². The normalized spacial score (nSPS) is 24.6. The lowest BCUT2D eigenvalue weighted by Gasteiger charge is -2.39. The molecule has 1 heterocycles. The van der Waals surface area contributed by atoms with Gasteiger partial charge in [0.25, 0.3) is 0 Å². The van der Waals surface area contributed by atoms with E-state index in [-0.39, 0.29) is 29.2 Å². The van der Waals surface area contributed by atoms with Crippen molar-refractivity contribution in [3.8, 4) is 0 Å². The number of allylic oxidation sites excluding steroid dienone is 2. The van der Waals surface area contributed by atoms with Crippen molar-refractivity contribution >= 4 is 33.4 Å². The zero-order chi connectivity index (χ0) is 19.9. The second-order valence-corrected chi connectivity index (χ2v) is 9.47. The fraction of sp³-hybridized carbons (Fsp3) is 0.500. The second-order valence-electron chi connectivity index (χ2n) is 8.55. The molecule has 2 aliphatic rings. The first kappa shape index (κ1) is 20.0. The number of halogens is 1. The number of carbonyl (C=O) groups excluding carboxylic acids is 2. The predicted octanol–water partition coefficient (Wildman–Crippen LogP) is 5.22. The zero-order valence-corrected chi connectivity index (χ0v) is 18.1. The van der Waals surface area contributed by atoms with E-state index in [1.54, 1.807) is 0 Å². The smallest absolute Gasteiger partial charge is 0.315 e. The first-order chi connectivity index (χ1) is 12.6. The summed E-state index contributed by atoms with van der Waals surface area (Å²) in [6, 6.07) is 7.83. The maximum absolute atomic E-state index is 13.1. The Morgan fingerprint density at radius 2 is 2.00 bits per heavy atom. The number of ether oxygens (including phenoxy) is 1. The highest BCUT2D eigenvalue weighted by molar-refractivity contribution is 9.10. The predicted molar refractivity (Wildman–Crippen MR) is 110 cm³/mol. The summed E-state index contributed by atoms with van der Waals surface area (Å²) in [5.41, 5.74) is 3.04. The molecule has 1 aromatic rings. The van der Waals surface area contributed by atoms with Gasteiger partial charge in [0.15, 0.2) is 5.78 Å². The largest absolute Gasteiger partial charge is 0.462 e. The molecule has 0 aromatic heterocycles. The molecule has 3 rings (SSSR count). The van der Waals surface area contributed by atoms with Crippen LogP contribution in [0.2, 0.25) is 0 Å². The molecule has 1 aliphatic carbocycles. The molecule has 1 aromatic carbocycles. The third-order valence-electron chi connectivity index (χ3n) is 5.12. The Labute approximate surface area is 169 Å². The second kappa shape index (κ2) is 7.34. The van der Waals surface area contributed by atoms with E-state index in [9.17, 15) is 9.59 Å². The van der Waals surface area contributed by atoms with E-state index in [2.05, 4.69) is 29.8 Å². The summed E-state index contributed by atoms with van der Waals surface area (Å²) in [4.78, 5) is 30.8. The van der Waals surface area contributed by atoms with Crippen molar-refractivity contribution in [1.82, 2.24) is 0 Å². The van der Waals surface area contributed by atoms with Gasteiger partial charge in [-0.1, -0.05) is 41.9 Å². The van der Waals surface area contributed by atoms with Crippen LogP contribution < -0.4 is 0 Å². The van der Waals surface area contributed by atoms with Crippen molar-refractivity contribution in [2.45, 2.75) is 59.5 Å². The highest BCUT2D eigenvalue weighted by Gasteiger charge is 2.46. The molecule has 0 saturated carbocycles. The highest BCUT2D eigenvalue weighted by atomic mass is 79.9. The van der Waals surface area contributed by atoms with Gasteiger partial charge in [-0.25, -0.2) is 0 Å². The number of hydrogen-bond donors (Lipinski definition) is 0. The summed E-state index contributed by atoms with van der Waals surface area (Å²) in [5.74, 6) is -1.17. The van der Waals surface area contributed by atoms with Crippen LogP contribution in [0.25, 0.3) is 0 Å². The number of nitrogens with zero attached hydrogens (tertiary/aromatic N) is 1. The van der Waals surface area contributed by atoms with Gasteiger partial charge in [0, 0.05) is 33.8 Å². The van der Waals surface area contributed by atoms with E-state index in [1.165, 1.54) is 0 Å². The van der Waals surface area contributed by atoms with Gasteiger partial charge in [-0.2, -0.15) is 0 Å². The fourth-order valence-corrected chi connectivity index (χ4v) is 4.53. The van der Waals surface area contributed by atoms with Crippen LogP contribution in [-0.4, -0.2) is 23.6 Å². The van der Waals surface area contributed by atoms with Crippen molar-refractivity contribution in [1.29, 1.82) is 0 Å². The molecule has 1 unspecified atom stereocenters. The average molecular weight is 432 g/mol. The number of rotatable bonds is 3. The van der Waals surface area contributed by atoms with Crippen LogP contribution in [0.1, 0.15) is 58.9 Å². The van der Waals surface area contributed by atoms with Crippen LogP contribution in [0.3, 0.4) is 0 Å². The summed E-state index contributed by atoms with van der Waals surface area (Å²) in [5, 5.41) is 0. The Kier molecular flexibility index (Phi) is 5.44. The number of esters is 1. The summed E-state index contributed by atoms with van der Waals surface area (Å²) in [7, 11) is 0. The highest BCUT2D eigenvalue weighted by Crippen LogP contribution is 2.48. The van der Waals surface area contributed by atoms with Crippen LogP contribution in [-0.2, 0) is 14.3 Å². The molecule has 0 saturated heterocycles. The van der Waals surface area contributed by atoms with Crippen molar-refractivity contribution in [2.24, 2.45) is 16.3 Å². The van der Waals surface area contributed by atoms with Crippen molar-refractivity contribution in [3.05, 3.63) is 45.6 Å². The van der Waals surface area contributed by atoms with Crippen LogP contribution in [0.15, 0.2) is 45.0 Å². The standard InChI is InChI=1S/C22H26BrNO3/c1-12(2)27-21(26)18-13(3)24-16-10-22(4,5)11-17(25)20(16)19(18)14-7-6-8-15(23)9-14/h6-9,12,18-19H,10-11H2,1-5H3/t18?,19-/m1/s1. The minimum Gasteiger partial charge on any atom is -0.462 e. The molecule has 0 N–H and O–H groups in total. The number of aliphatic imine (C=N–C) groups is 1. The maximum atomic E-state index is 13.1. The SMILES string of the molecule is CC1=NC2=C(C(=O)CC(C)(C)C2)[C@H](c2cccc(Br)c2)C1C(=O)OC(C)C. The molecule has 5 heteroatoms. The summed E-state index contributed by atoms with van der Waals surface area (Å²) < 4.78 is 6.45. The average Bonchev–Trinajstić information content (AvgIpc) is 2.51. The van der Waals surface area contributed by atoms with E-state index in [4.69, 9.17) is 9.73 Å². The molecule has 1 aliphatic heterocycles. The molecule has 2 atom stereocenters. The van der Waals surface area contributed by atoms with Gasteiger partial charge >= 0.3 is 5.97 Å². The number of benzene rings is 1. The van der Waals surface area contributed by atoms with E-state index < -0.39 is 5.92 Å². The molecule has 0 amide bonds. The zero-order valence-electron chi connectivity index (χ0n) is 16.5. The Morgan fingerprint density at radius 3 is 2.63 bits per heavy atom. The molecule has 0 bridgehead atoms.